The summed E-state index contributed by atoms with van der Waals surface area (Å²) in [5.41, 5.74) is -0.360. The number of carboxylic acid groups (broad SMARTS) is 1. The van der Waals surface area contributed by atoms with E-state index in [0.717, 1.165) is 11.8 Å². The van der Waals surface area contributed by atoms with Gasteiger partial charge in [0.1, 0.15) is 18.0 Å². The lowest BCUT2D eigenvalue weighted by Crippen LogP contribution is -2.54. The van der Waals surface area contributed by atoms with Gasteiger partial charge in [0.05, 0.1) is 0 Å². The molecule has 1 amide bonds. The minimum Gasteiger partial charge on any atom is -0.502 e. The summed E-state index contributed by atoms with van der Waals surface area (Å²) in [5, 5.41) is 21.5. The Bertz CT molecular complexity index is 1220. The summed E-state index contributed by atoms with van der Waals surface area (Å²) in [5.74, 6) is -3.44. The molecule has 0 aliphatic carbocycles. The lowest BCUT2D eigenvalue weighted by molar-refractivity contribution is 0.0656. The van der Waals surface area contributed by atoms with Gasteiger partial charge in [0.15, 0.2) is 11.4 Å². The van der Waals surface area contributed by atoms with Gasteiger partial charge in [-0.1, -0.05) is 42.5 Å². The van der Waals surface area contributed by atoms with Gasteiger partial charge in [0, 0.05) is 19.3 Å². The Morgan fingerprint density at radius 3 is 2.34 bits per heavy atom. The van der Waals surface area contributed by atoms with Gasteiger partial charge >= 0.3 is 5.97 Å². The summed E-state index contributed by atoms with van der Waals surface area (Å²) in [7, 11) is 0. The van der Waals surface area contributed by atoms with Crippen molar-refractivity contribution in [3.8, 4) is 5.75 Å². The molecule has 0 spiro atoms. The minimum atomic E-state index is -1.50. The quantitative estimate of drug-likeness (QED) is 0.613. The third-order valence-corrected chi connectivity index (χ3v) is 5.31. The van der Waals surface area contributed by atoms with E-state index in [2.05, 4.69) is 0 Å². The van der Waals surface area contributed by atoms with Crippen LogP contribution < -0.4 is 10.4 Å². The van der Waals surface area contributed by atoms with Gasteiger partial charge in [-0.3, -0.25) is 19.3 Å². The highest BCUT2D eigenvalue weighted by molar-refractivity contribution is 5.97. The number of amides is 1. The Morgan fingerprint density at radius 2 is 1.69 bits per heavy atom. The molecule has 32 heavy (non-hydrogen) atoms. The number of carboxylic acids is 1. The van der Waals surface area contributed by atoms with Crippen molar-refractivity contribution in [2.75, 3.05) is 18.2 Å². The summed E-state index contributed by atoms with van der Waals surface area (Å²) < 4.78 is 14.5. The van der Waals surface area contributed by atoms with Crippen molar-refractivity contribution < 1.29 is 24.2 Å². The van der Waals surface area contributed by atoms with Crippen molar-refractivity contribution in [3.05, 3.63) is 99.2 Å². The fourth-order valence-electron chi connectivity index (χ4n) is 3.66. The average Bonchev–Trinajstić information content (AvgIpc) is 2.78. The normalized spacial score (nSPS) is 13.2. The van der Waals surface area contributed by atoms with E-state index in [1.54, 1.807) is 17.1 Å². The number of carbonyl (C=O) groups is 2. The van der Waals surface area contributed by atoms with Crippen LogP contribution in [0.3, 0.4) is 0 Å². The Morgan fingerprint density at radius 1 is 1.00 bits per heavy atom. The van der Waals surface area contributed by atoms with Crippen LogP contribution in [0.1, 0.15) is 32.0 Å². The van der Waals surface area contributed by atoms with Crippen LogP contribution >= 0.6 is 0 Å². The molecule has 2 heterocycles. The number of hydrogen-bond acceptors (Lipinski definition) is 5. The average molecular weight is 437 g/mol. The molecule has 164 valence electrons. The second-order valence-corrected chi connectivity index (χ2v) is 7.46. The Hall–Kier alpha value is -4.14. The molecule has 9 heteroatoms. The van der Waals surface area contributed by atoms with Gasteiger partial charge < -0.3 is 15.1 Å². The fraction of sp³-hybridized carbons (Fsp3) is 0.174. The number of nitrogens with zero attached hydrogens (tertiary/aromatic N) is 3. The smallest absolute Gasteiger partial charge is 0.341 e. The number of pyridine rings is 1. The largest absolute Gasteiger partial charge is 0.502 e. The van der Waals surface area contributed by atoms with Gasteiger partial charge in [-0.2, -0.15) is 0 Å². The molecular weight excluding hydrogens is 417 g/mol. The molecule has 1 aliphatic rings. The van der Waals surface area contributed by atoms with E-state index in [1.165, 1.54) is 21.7 Å². The lowest BCUT2D eigenvalue weighted by atomic mass is 10.1. The molecule has 2 N–H and O–H groups in total. The molecule has 0 fully saturated rings. The zero-order chi connectivity index (χ0) is 22.8. The third-order valence-electron chi connectivity index (χ3n) is 5.31. The van der Waals surface area contributed by atoms with Crippen LogP contribution in [0.4, 0.5) is 4.39 Å². The molecule has 2 aromatic carbocycles. The van der Waals surface area contributed by atoms with Gasteiger partial charge in [-0.05, 0) is 29.7 Å². The fourth-order valence-corrected chi connectivity index (χ4v) is 3.66. The van der Waals surface area contributed by atoms with Crippen LogP contribution in [0.5, 0.6) is 5.75 Å². The molecule has 1 aliphatic heterocycles. The first-order valence-corrected chi connectivity index (χ1v) is 9.90. The number of aromatic hydroxyl groups is 1. The topological polar surface area (TPSA) is 103 Å². The number of aromatic nitrogens is 1. The van der Waals surface area contributed by atoms with Crippen molar-refractivity contribution >= 4 is 11.9 Å². The van der Waals surface area contributed by atoms with Crippen LogP contribution in [0.25, 0.3) is 0 Å². The molecule has 0 bridgehead atoms. The molecular formula is C23H20FN3O5. The number of benzene rings is 2. The summed E-state index contributed by atoms with van der Waals surface area (Å²) in [6, 6.07) is 15.2. The molecule has 0 radical (unpaired) electrons. The first-order valence-electron chi connectivity index (χ1n) is 9.90. The van der Waals surface area contributed by atoms with Gasteiger partial charge in [-0.25, -0.2) is 9.18 Å². The van der Waals surface area contributed by atoms with Crippen LogP contribution in [0.15, 0.2) is 65.6 Å². The number of hydrogen-bond donors (Lipinski definition) is 2. The Labute approximate surface area is 182 Å². The summed E-state index contributed by atoms with van der Waals surface area (Å²) in [6.07, 6.45) is 1.64. The molecule has 0 atom stereocenters. The van der Waals surface area contributed by atoms with E-state index < -0.39 is 34.4 Å². The predicted molar refractivity (Wildman–Crippen MR) is 114 cm³/mol. The number of aromatic carboxylic acids is 1. The van der Waals surface area contributed by atoms with E-state index in [4.69, 9.17) is 0 Å². The van der Waals surface area contributed by atoms with E-state index in [1.807, 2.05) is 30.3 Å². The maximum absolute atomic E-state index is 13.3. The summed E-state index contributed by atoms with van der Waals surface area (Å²) in [6.45, 7) is 0.582. The van der Waals surface area contributed by atoms with Crippen LogP contribution in [-0.2, 0) is 13.0 Å². The second-order valence-electron chi connectivity index (χ2n) is 7.46. The van der Waals surface area contributed by atoms with Gasteiger partial charge in [-0.15, -0.1) is 0 Å². The van der Waals surface area contributed by atoms with E-state index >= 15 is 0 Å². The molecule has 4 rings (SSSR count). The summed E-state index contributed by atoms with van der Waals surface area (Å²) >= 11 is 0. The minimum absolute atomic E-state index is 0.0808. The van der Waals surface area contributed by atoms with Gasteiger partial charge in [0.2, 0.25) is 5.43 Å². The number of rotatable bonds is 6. The van der Waals surface area contributed by atoms with Crippen LogP contribution in [-0.4, -0.2) is 44.9 Å². The Kier molecular flexibility index (Phi) is 5.63. The standard InChI is InChI=1S/C23H20FN3O5/c24-17-8-6-16(7-9-17)12-25-14-26(11-10-15-4-2-1-3-5-15)27-13-18(23(31)32)20(28)21(29)19(27)22(25)30/h1-9,13,29H,10-12,14H2,(H,31,32). The van der Waals surface area contributed by atoms with Crippen molar-refractivity contribution in [2.45, 2.75) is 13.0 Å². The molecule has 0 saturated carbocycles. The van der Waals surface area contributed by atoms with Gasteiger partial charge in [0.25, 0.3) is 5.91 Å². The lowest BCUT2D eigenvalue weighted by Gasteiger charge is -2.40. The van der Waals surface area contributed by atoms with Crippen molar-refractivity contribution in [2.24, 2.45) is 0 Å². The zero-order valence-electron chi connectivity index (χ0n) is 16.9. The molecule has 3 aromatic rings. The molecule has 0 unspecified atom stereocenters. The number of fused-ring (bicyclic) bond motifs is 1. The summed E-state index contributed by atoms with van der Waals surface area (Å²) in [4.78, 5) is 38.4. The van der Waals surface area contributed by atoms with E-state index in [9.17, 15) is 29.0 Å². The SMILES string of the molecule is O=C(O)c1cn2c(c(O)c1=O)C(=O)N(Cc1ccc(F)cc1)CN2CCc1ccccc1. The van der Waals surface area contributed by atoms with Crippen LogP contribution in [0, 0.1) is 5.82 Å². The van der Waals surface area contributed by atoms with Crippen molar-refractivity contribution in [1.29, 1.82) is 0 Å². The van der Waals surface area contributed by atoms with Crippen molar-refractivity contribution in [1.82, 2.24) is 9.58 Å². The van der Waals surface area contributed by atoms with E-state index in [0.29, 0.717) is 18.5 Å². The highest BCUT2D eigenvalue weighted by Gasteiger charge is 2.34. The molecule has 0 saturated heterocycles. The second kappa shape index (κ2) is 8.54. The molecule has 1 aromatic heterocycles. The highest BCUT2D eigenvalue weighted by Crippen LogP contribution is 2.23. The zero-order valence-corrected chi connectivity index (χ0v) is 16.9. The Balaban J connectivity index is 1.73. The van der Waals surface area contributed by atoms with Crippen molar-refractivity contribution in [3.63, 3.8) is 0 Å². The maximum Gasteiger partial charge on any atom is 0.341 e. The third kappa shape index (κ3) is 4.04. The first-order chi connectivity index (χ1) is 15.3. The highest BCUT2D eigenvalue weighted by atomic mass is 19.1. The van der Waals surface area contributed by atoms with Crippen LogP contribution in [0.2, 0.25) is 0 Å². The van der Waals surface area contributed by atoms with E-state index in [-0.39, 0.29) is 18.9 Å². The predicted octanol–water partition coefficient (Wildman–Crippen LogP) is 2.19. The molecule has 8 nitrogen and oxygen atoms in total. The number of carbonyl (C=O) groups excluding carboxylic acids is 1. The first kappa shape index (κ1) is 21.1. The monoisotopic (exact) mass is 437 g/mol. The number of halogens is 1. The maximum atomic E-state index is 13.3.